The number of carbonyl (C=O) groups excluding carboxylic acids is 1. The third kappa shape index (κ3) is 3.42. The molecule has 0 amide bonds. The number of rotatable bonds is 5. The molecule has 2 aromatic heterocycles. The van der Waals surface area contributed by atoms with Crippen LogP contribution < -0.4 is 0 Å². The van der Waals surface area contributed by atoms with Crippen molar-refractivity contribution in [1.82, 2.24) is 14.6 Å². The first-order valence-corrected chi connectivity index (χ1v) is 9.81. The maximum absolute atomic E-state index is 12.1. The molecule has 2 saturated carbocycles. The van der Waals surface area contributed by atoms with Crippen molar-refractivity contribution in [1.29, 1.82) is 0 Å². The van der Waals surface area contributed by atoms with Gasteiger partial charge in [0.15, 0.2) is 11.3 Å². The maximum atomic E-state index is 12.1. The van der Waals surface area contributed by atoms with Crippen LogP contribution in [0.4, 0.5) is 0 Å². The molecular weight excluding hydrogens is 314 g/mol. The summed E-state index contributed by atoms with van der Waals surface area (Å²) in [5.41, 5.74) is 3.54. The lowest BCUT2D eigenvalue weighted by Gasteiger charge is -2.27. The van der Waals surface area contributed by atoms with Crippen LogP contribution in [0.5, 0.6) is 0 Å². The lowest BCUT2D eigenvalue weighted by Crippen LogP contribution is -2.17. The summed E-state index contributed by atoms with van der Waals surface area (Å²) in [6.45, 7) is 2.18. The Morgan fingerprint density at radius 1 is 1.16 bits per heavy atom. The van der Waals surface area contributed by atoms with E-state index in [4.69, 9.17) is 9.72 Å². The molecule has 25 heavy (non-hydrogen) atoms. The molecule has 0 aromatic carbocycles. The van der Waals surface area contributed by atoms with Gasteiger partial charge in [-0.05, 0) is 38.2 Å². The van der Waals surface area contributed by atoms with Crippen LogP contribution in [0.1, 0.15) is 86.1 Å². The quantitative estimate of drug-likeness (QED) is 0.761. The first-order chi connectivity index (χ1) is 12.2. The first kappa shape index (κ1) is 16.6. The van der Waals surface area contributed by atoms with Gasteiger partial charge in [-0.2, -0.15) is 5.10 Å². The van der Waals surface area contributed by atoms with Gasteiger partial charge in [-0.3, -0.25) is 0 Å². The predicted molar refractivity (Wildman–Crippen MR) is 95.8 cm³/mol. The van der Waals surface area contributed by atoms with Gasteiger partial charge >= 0.3 is 5.97 Å². The lowest BCUT2D eigenvalue weighted by molar-refractivity contribution is 0.0519. The van der Waals surface area contributed by atoms with E-state index in [2.05, 4.69) is 11.2 Å². The van der Waals surface area contributed by atoms with Crippen molar-refractivity contribution in [2.45, 2.75) is 70.6 Å². The molecule has 0 unspecified atom stereocenters. The molecule has 2 heterocycles. The highest BCUT2D eigenvalue weighted by atomic mass is 16.5. The Kier molecular flexibility index (Phi) is 4.73. The molecule has 2 fully saturated rings. The van der Waals surface area contributed by atoms with Crippen molar-refractivity contribution in [2.75, 3.05) is 6.61 Å². The molecule has 4 rings (SSSR count). The van der Waals surface area contributed by atoms with Crippen LogP contribution in [0.2, 0.25) is 0 Å². The number of aromatic nitrogens is 3. The van der Waals surface area contributed by atoms with E-state index in [1.165, 1.54) is 57.1 Å². The van der Waals surface area contributed by atoms with Crippen LogP contribution in [0.15, 0.2) is 12.1 Å². The monoisotopic (exact) mass is 341 g/mol. The zero-order valence-electron chi connectivity index (χ0n) is 15.0. The summed E-state index contributed by atoms with van der Waals surface area (Å²) in [4.78, 5) is 16.9. The van der Waals surface area contributed by atoms with E-state index in [9.17, 15) is 4.79 Å². The summed E-state index contributed by atoms with van der Waals surface area (Å²) >= 11 is 0. The molecule has 0 atom stereocenters. The normalized spacial score (nSPS) is 19.1. The second-order valence-electron chi connectivity index (χ2n) is 7.53. The molecule has 134 valence electrons. The lowest BCUT2D eigenvalue weighted by atomic mass is 9.81. The van der Waals surface area contributed by atoms with Crippen LogP contribution in [0.25, 0.3) is 5.65 Å². The van der Waals surface area contributed by atoms with E-state index in [0.29, 0.717) is 18.2 Å². The number of fused-ring (bicyclic) bond motifs is 1. The van der Waals surface area contributed by atoms with Gasteiger partial charge < -0.3 is 4.74 Å². The van der Waals surface area contributed by atoms with Gasteiger partial charge in [0, 0.05) is 23.4 Å². The molecular formula is C20H27N3O2. The van der Waals surface area contributed by atoms with Crippen molar-refractivity contribution >= 4 is 11.6 Å². The Labute approximate surface area is 148 Å². The predicted octanol–water partition coefficient (Wildman–Crippen LogP) is 4.30. The fourth-order valence-corrected chi connectivity index (χ4v) is 4.14. The zero-order valence-corrected chi connectivity index (χ0v) is 15.0. The number of hydrogen-bond acceptors (Lipinski definition) is 4. The van der Waals surface area contributed by atoms with Gasteiger partial charge in [0.1, 0.15) is 0 Å². The van der Waals surface area contributed by atoms with Crippen molar-refractivity contribution in [3.8, 4) is 0 Å². The Morgan fingerprint density at radius 2 is 1.96 bits per heavy atom. The summed E-state index contributed by atoms with van der Waals surface area (Å²) in [6.07, 6.45) is 11.5. The Morgan fingerprint density at radius 3 is 2.64 bits per heavy atom. The van der Waals surface area contributed by atoms with Crippen LogP contribution in [-0.2, 0) is 11.2 Å². The average molecular weight is 341 g/mol. The molecule has 5 nitrogen and oxygen atoms in total. The molecule has 0 N–H and O–H groups in total. The third-order valence-electron chi connectivity index (χ3n) is 5.74. The van der Waals surface area contributed by atoms with Gasteiger partial charge in [0.05, 0.1) is 6.61 Å². The van der Waals surface area contributed by atoms with Gasteiger partial charge in [0.25, 0.3) is 0 Å². The maximum Gasteiger partial charge on any atom is 0.358 e. The molecule has 0 saturated heterocycles. The minimum absolute atomic E-state index is 0.360. The largest absolute Gasteiger partial charge is 0.461 e. The number of carbonyl (C=O) groups is 1. The summed E-state index contributed by atoms with van der Waals surface area (Å²) in [5.74, 6) is 0.942. The molecule has 0 spiro atoms. The molecule has 2 aliphatic carbocycles. The van der Waals surface area contributed by atoms with E-state index >= 15 is 0 Å². The van der Waals surface area contributed by atoms with E-state index in [-0.39, 0.29) is 5.97 Å². The first-order valence-electron chi connectivity index (χ1n) is 9.81. The standard InChI is InChI=1S/C20H27N3O2/c1-2-25-20(24)17-13-19-21-16(11-14-7-4-3-5-8-14)12-18(23(19)22-17)15-9-6-10-15/h12-15H,2-11H2,1H3. The topological polar surface area (TPSA) is 56.5 Å². The molecule has 5 heteroatoms. The zero-order chi connectivity index (χ0) is 17.2. The number of ether oxygens (including phenoxy) is 1. The minimum atomic E-state index is -0.360. The summed E-state index contributed by atoms with van der Waals surface area (Å²) in [6, 6.07) is 4.03. The molecule has 0 bridgehead atoms. The average Bonchev–Trinajstić information content (AvgIpc) is 2.99. The fourth-order valence-electron chi connectivity index (χ4n) is 4.14. The number of esters is 1. The van der Waals surface area contributed by atoms with Crippen molar-refractivity contribution in [3.63, 3.8) is 0 Å². The van der Waals surface area contributed by atoms with Gasteiger partial charge in [-0.25, -0.2) is 14.3 Å². The second-order valence-corrected chi connectivity index (χ2v) is 7.53. The SMILES string of the molecule is CCOC(=O)c1cc2nc(CC3CCCCC3)cc(C3CCC3)n2n1. The molecule has 0 aliphatic heterocycles. The highest BCUT2D eigenvalue weighted by Gasteiger charge is 2.26. The van der Waals surface area contributed by atoms with Crippen LogP contribution >= 0.6 is 0 Å². The minimum Gasteiger partial charge on any atom is -0.461 e. The van der Waals surface area contributed by atoms with E-state index < -0.39 is 0 Å². The molecule has 2 aliphatic rings. The molecule has 2 aromatic rings. The van der Waals surface area contributed by atoms with Crippen LogP contribution in [0.3, 0.4) is 0 Å². The van der Waals surface area contributed by atoms with Crippen LogP contribution in [0, 0.1) is 5.92 Å². The molecule has 0 radical (unpaired) electrons. The van der Waals surface area contributed by atoms with Crippen molar-refractivity contribution in [2.24, 2.45) is 5.92 Å². The fraction of sp³-hybridized carbons (Fsp3) is 0.650. The van der Waals surface area contributed by atoms with Gasteiger partial charge in [-0.15, -0.1) is 0 Å². The van der Waals surface area contributed by atoms with Gasteiger partial charge in [0.2, 0.25) is 0 Å². The number of hydrogen-bond donors (Lipinski definition) is 0. The Bertz CT molecular complexity index is 758. The van der Waals surface area contributed by atoms with Crippen LogP contribution in [-0.4, -0.2) is 27.2 Å². The van der Waals surface area contributed by atoms with E-state index in [1.807, 2.05) is 11.4 Å². The highest BCUT2D eigenvalue weighted by molar-refractivity contribution is 5.88. The Balaban J connectivity index is 1.67. The second kappa shape index (κ2) is 7.14. The summed E-state index contributed by atoms with van der Waals surface area (Å²) < 4.78 is 6.98. The third-order valence-corrected chi connectivity index (χ3v) is 5.74. The smallest absolute Gasteiger partial charge is 0.358 e. The Hall–Kier alpha value is -1.91. The van der Waals surface area contributed by atoms with E-state index in [1.54, 1.807) is 6.07 Å². The number of nitrogens with zero attached hydrogens (tertiary/aromatic N) is 3. The van der Waals surface area contributed by atoms with Crippen molar-refractivity contribution < 1.29 is 9.53 Å². The highest BCUT2D eigenvalue weighted by Crippen LogP contribution is 2.37. The van der Waals surface area contributed by atoms with E-state index in [0.717, 1.165) is 23.7 Å². The van der Waals surface area contributed by atoms with Crippen molar-refractivity contribution in [3.05, 3.63) is 29.2 Å². The van der Waals surface area contributed by atoms with Gasteiger partial charge in [-0.1, -0.05) is 38.5 Å². The summed E-state index contributed by atoms with van der Waals surface area (Å²) in [7, 11) is 0. The summed E-state index contributed by atoms with van der Waals surface area (Å²) in [5, 5.41) is 4.50.